The Kier molecular flexibility index (Phi) is 5.66. The minimum atomic E-state index is 0.0990. The molecule has 20 heavy (non-hydrogen) atoms. The van der Waals surface area contributed by atoms with Crippen LogP contribution in [0, 0.1) is 0 Å². The van der Waals surface area contributed by atoms with Gasteiger partial charge in [0.2, 0.25) is 0 Å². The van der Waals surface area contributed by atoms with Crippen molar-refractivity contribution in [2.45, 2.75) is 26.0 Å². The Bertz CT molecular complexity index is 583. The summed E-state index contributed by atoms with van der Waals surface area (Å²) in [6.07, 6.45) is 0.159. The van der Waals surface area contributed by atoms with Gasteiger partial charge in [0.15, 0.2) is 0 Å². The van der Waals surface area contributed by atoms with Crippen LogP contribution in [-0.2, 0) is 0 Å². The lowest BCUT2D eigenvalue weighted by Crippen LogP contribution is -2.19. The maximum atomic E-state index is 5.93. The van der Waals surface area contributed by atoms with Gasteiger partial charge in [-0.05, 0) is 70.5 Å². The third kappa shape index (κ3) is 3.64. The molecule has 0 aliphatic heterocycles. The van der Waals surface area contributed by atoms with Gasteiger partial charge in [0, 0.05) is 5.56 Å². The van der Waals surface area contributed by atoms with Crippen LogP contribution in [0.25, 0.3) is 0 Å². The number of hydrogen-bond acceptors (Lipinski definition) is 3. The van der Waals surface area contributed by atoms with Crippen LogP contribution in [0.3, 0.4) is 0 Å². The Morgan fingerprint density at radius 3 is 2.40 bits per heavy atom. The molecule has 1 unspecified atom stereocenters. The van der Waals surface area contributed by atoms with Gasteiger partial charge in [0.05, 0.1) is 19.7 Å². The fourth-order valence-corrected chi connectivity index (χ4v) is 5.01. The van der Waals surface area contributed by atoms with Gasteiger partial charge in [-0.3, -0.25) is 0 Å². The molecule has 0 radical (unpaired) electrons. The van der Waals surface area contributed by atoms with Gasteiger partial charge >= 0.3 is 0 Å². The molecule has 5 heteroatoms. The van der Waals surface area contributed by atoms with Crippen molar-refractivity contribution in [2.75, 3.05) is 7.05 Å². The van der Waals surface area contributed by atoms with Crippen LogP contribution in [0.1, 0.15) is 31.0 Å². The monoisotopic (exact) mass is 417 g/mol. The molecule has 108 valence electrons. The van der Waals surface area contributed by atoms with E-state index in [-0.39, 0.29) is 12.1 Å². The highest BCUT2D eigenvalue weighted by Crippen LogP contribution is 2.40. The van der Waals surface area contributed by atoms with E-state index in [0.717, 1.165) is 18.9 Å². The number of para-hydroxylation sites is 1. The lowest BCUT2D eigenvalue weighted by atomic mass is 10.0. The van der Waals surface area contributed by atoms with Gasteiger partial charge < -0.3 is 10.1 Å². The highest BCUT2D eigenvalue weighted by atomic mass is 79.9. The molecular formula is C15H17Br2NOS. The Labute approximate surface area is 140 Å². The SMILES string of the molecule is CNC(c1ccccc1OC(C)C)c1cc(Br)sc1Br. The number of benzene rings is 1. The molecule has 1 aromatic carbocycles. The molecule has 1 atom stereocenters. The average Bonchev–Trinajstić information content (AvgIpc) is 2.71. The molecule has 0 saturated heterocycles. The molecular weight excluding hydrogens is 402 g/mol. The van der Waals surface area contributed by atoms with Crippen molar-refractivity contribution in [3.63, 3.8) is 0 Å². The van der Waals surface area contributed by atoms with Crippen LogP contribution < -0.4 is 10.1 Å². The van der Waals surface area contributed by atoms with Crippen LogP contribution >= 0.6 is 43.2 Å². The van der Waals surface area contributed by atoms with Crippen LogP contribution in [0.5, 0.6) is 5.75 Å². The summed E-state index contributed by atoms with van der Waals surface area (Å²) >= 11 is 8.86. The van der Waals surface area contributed by atoms with Gasteiger partial charge in [-0.25, -0.2) is 0 Å². The summed E-state index contributed by atoms with van der Waals surface area (Å²) in [4.78, 5) is 0. The Balaban J connectivity index is 2.44. The first-order chi connectivity index (χ1) is 9.52. The van der Waals surface area contributed by atoms with Gasteiger partial charge in [0.1, 0.15) is 5.75 Å². The maximum absolute atomic E-state index is 5.93. The molecule has 1 heterocycles. The molecule has 2 rings (SSSR count). The zero-order valence-corrected chi connectivity index (χ0v) is 15.6. The first-order valence-electron chi connectivity index (χ1n) is 6.40. The van der Waals surface area contributed by atoms with E-state index in [2.05, 4.69) is 49.3 Å². The van der Waals surface area contributed by atoms with E-state index in [1.165, 1.54) is 5.56 Å². The number of nitrogens with one attached hydrogen (secondary N) is 1. The fraction of sp³-hybridized carbons (Fsp3) is 0.333. The molecule has 0 saturated carbocycles. The number of halogens is 2. The third-order valence-electron chi connectivity index (χ3n) is 2.88. The highest BCUT2D eigenvalue weighted by molar-refractivity contribution is 9.12. The second-order valence-corrected chi connectivity index (χ2v) is 8.46. The first kappa shape index (κ1) is 16.0. The summed E-state index contributed by atoms with van der Waals surface area (Å²) in [5, 5.41) is 3.38. The summed E-state index contributed by atoms with van der Waals surface area (Å²) in [5.74, 6) is 0.927. The summed E-state index contributed by atoms with van der Waals surface area (Å²) in [7, 11) is 1.97. The number of ether oxygens (including phenoxy) is 1. The van der Waals surface area contributed by atoms with Gasteiger partial charge in [0.25, 0.3) is 0 Å². The standard InChI is InChI=1S/C15H17Br2NOS/c1-9(2)19-12-7-5-4-6-10(12)14(18-3)11-8-13(16)20-15(11)17/h4-9,14,18H,1-3H3. The van der Waals surface area contributed by atoms with Gasteiger partial charge in [-0.1, -0.05) is 18.2 Å². The molecule has 2 nitrogen and oxygen atoms in total. The van der Waals surface area contributed by atoms with Crippen molar-refractivity contribution in [1.82, 2.24) is 5.32 Å². The van der Waals surface area contributed by atoms with Gasteiger partial charge in [-0.2, -0.15) is 0 Å². The Hall–Kier alpha value is -0.360. The summed E-state index contributed by atoms with van der Waals surface area (Å²) in [6.45, 7) is 4.09. The number of thiophene rings is 1. The van der Waals surface area contributed by atoms with Crippen molar-refractivity contribution in [1.29, 1.82) is 0 Å². The zero-order valence-electron chi connectivity index (χ0n) is 11.6. The molecule has 2 aromatic rings. The highest BCUT2D eigenvalue weighted by Gasteiger charge is 2.21. The Morgan fingerprint density at radius 1 is 1.15 bits per heavy atom. The molecule has 1 aromatic heterocycles. The molecule has 0 aliphatic rings. The van der Waals surface area contributed by atoms with E-state index in [1.54, 1.807) is 11.3 Å². The van der Waals surface area contributed by atoms with E-state index in [9.17, 15) is 0 Å². The van der Waals surface area contributed by atoms with Crippen molar-refractivity contribution >= 4 is 43.2 Å². The second-order valence-electron chi connectivity index (χ2n) is 4.71. The lowest BCUT2D eigenvalue weighted by Gasteiger charge is -2.21. The van der Waals surface area contributed by atoms with E-state index < -0.39 is 0 Å². The first-order valence-corrected chi connectivity index (χ1v) is 8.80. The fourth-order valence-electron chi connectivity index (χ4n) is 2.11. The van der Waals surface area contributed by atoms with E-state index in [4.69, 9.17) is 4.74 Å². The minimum Gasteiger partial charge on any atom is -0.491 e. The summed E-state index contributed by atoms with van der Waals surface area (Å²) < 4.78 is 8.17. The molecule has 0 bridgehead atoms. The molecule has 0 aliphatic carbocycles. The van der Waals surface area contributed by atoms with Crippen LogP contribution in [0.4, 0.5) is 0 Å². The quantitative estimate of drug-likeness (QED) is 0.704. The predicted molar refractivity (Wildman–Crippen MR) is 92.8 cm³/mol. The second kappa shape index (κ2) is 7.07. The smallest absolute Gasteiger partial charge is 0.124 e. The number of hydrogen-bond donors (Lipinski definition) is 1. The molecule has 0 amide bonds. The largest absolute Gasteiger partial charge is 0.491 e. The maximum Gasteiger partial charge on any atom is 0.124 e. The van der Waals surface area contributed by atoms with Crippen LogP contribution in [0.15, 0.2) is 37.9 Å². The number of rotatable bonds is 5. The summed E-state index contributed by atoms with van der Waals surface area (Å²) in [5.41, 5.74) is 2.36. The molecule has 0 spiro atoms. The van der Waals surface area contributed by atoms with E-state index >= 15 is 0 Å². The zero-order chi connectivity index (χ0) is 14.7. The van der Waals surface area contributed by atoms with E-state index in [0.29, 0.717) is 0 Å². The Morgan fingerprint density at radius 2 is 1.85 bits per heavy atom. The lowest BCUT2D eigenvalue weighted by molar-refractivity contribution is 0.238. The van der Waals surface area contributed by atoms with Crippen molar-refractivity contribution in [3.05, 3.63) is 49.0 Å². The van der Waals surface area contributed by atoms with Crippen LogP contribution in [-0.4, -0.2) is 13.2 Å². The normalized spacial score (nSPS) is 12.7. The topological polar surface area (TPSA) is 21.3 Å². The average molecular weight is 419 g/mol. The molecule has 1 N–H and O–H groups in total. The van der Waals surface area contributed by atoms with E-state index in [1.807, 2.05) is 39.1 Å². The minimum absolute atomic E-state index is 0.0990. The van der Waals surface area contributed by atoms with Crippen molar-refractivity contribution < 1.29 is 4.74 Å². The van der Waals surface area contributed by atoms with Crippen LogP contribution in [0.2, 0.25) is 0 Å². The third-order valence-corrected chi connectivity index (χ3v) is 5.26. The predicted octanol–water partition coefficient (Wildman–Crippen LogP) is 5.37. The van der Waals surface area contributed by atoms with Crippen molar-refractivity contribution in [2.24, 2.45) is 0 Å². The van der Waals surface area contributed by atoms with Crippen molar-refractivity contribution in [3.8, 4) is 5.75 Å². The summed E-state index contributed by atoms with van der Waals surface area (Å²) in [6, 6.07) is 10.4. The van der Waals surface area contributed by atoms with Gasteiger partial charge in [-0.15, -0.1) is 11.3 Å². The molecule has 0 fully saturated rings.